The molecule has 1 aromatic carbocycles. The predicted octanol–water partition coefficient (Wildman–Crippen LogP) is 3.19. The van der Waals surface area contributed by atoms with Crippen molar-refractivity contribution in [2.75, 3.05) is 13.1 Å². The van der Waals surface area contributed by atoms with Gasteiger partial charge in [0.05, 0.1) is 0 Å². The van der Waals surface area contributed by atoms with Crippen molar-refractivity contribution in [2.45, 2.75) is 39.2 Å². The minimum Gasteiger partial charge on any atom is -0.444 e. The largest absolute Gasteiger partial charge is 0.444 e. The Morgan fingerprint density at radius 3 is 2.38 bits per heavy atom. The van der Waals surface area contributed by atoms with Crippen molar-refractivity contribution in [3.8, 4) is 0 Å². The first-order valence-corrected chi connectivity index (χ1v) is 6.98. The van der Waals surface area contributed by atoms with Gasteiger partial charge in [-0.25, -0.2) is 9.18 Å². The number of aldehydes is 1. The molecule has 0 spiro atoms. The van der Waals surface area contributed by atoms with Crippen molar-refractivity contribution in [1.29, 1.82) is 0 Å². The summed E-state index contributed by atoms with van der Waals surface area (Å²) < 4.78 is 18.2. The average molecular weight is 295 g/mol. The number of rotatable bonds is 6. The maximum atomic E-state index is 12.8. The van der Waals surface area contributed by atoms with Crippen molar-refractivity contribution in [1.82, 2.24) is 4.90 Å². The Hall–Kier alpha value is -1.91. The molecule has 0 saturated heterocycles. The Morgan fingerprint density at radius 2 is 1.86 bits per heavy atom. The lowest BCUT2D eigenvalue weighted by Gasteiger charge is -2.27. The van der Waals surface area contributed by atoms with Gasteiger partial charge in [-0.3, -0.25) is 0 Å². The van der Waals surface area contributed by atoms with E-state index in [1.165, 1.54) is 17.0 Å². The fourth-order valence-corrected chi connectivity index (χ4v) is 1.74. The Morgan fingerprint density at radius 1 is 1.24 bits per heavy atom. The molecule has 1 aromatic rings. The van der Waals surface area contributed by atoms with Gasteiger partial charge in [0, 0.05) is 19.5 Å². The molecule has 0 unspecified atom stereocenters. The molecule has 0 aliphatic carbocycles. The fraction of sp³-hybridized carbons (Fsp3) is 0.500. The van der Waals surface area contributed by atoms with Crippen LogP contribution in [0, 0.1) is 5.82 Å². The highest BCUT2D eigenvalue weighted by Crippen LogP contribution is 2.11. The van der Waals surface area contributed by atoms with Crippen LogP contribution in [0.2, 0.25) is 0 Å². The highest BCUT2D eigenvalue weighted by Gasteiger charge is 2.21. The summed E-state index contributed by atoms with van der Waals surface area (Å²) in [6.07, 6.45) is 1.18. The number of halogens is 1. The van der Waals surface area contributed by atoms with Gasteiger partial charge in [0.2, 0.25) is 0 Å². The second-order valence-electron chi connectivity index (χ2n) is 5.80. The van der Waals surface area contributed by atoms with Gasteiger partial charge in [-0.1, -0.05) is 12.1 Å². The SMILES string of the molecule is CC(C)(C)OC(=O)N(CCC=O)CCc1ccc(F)cc1. The van der Waals surface area contributed by atoms with Gasteiger partial charge in [0.1, 0.15) is 17.7 Å². The molecule has 0 N–H and O–H groups in total. The van der Waals surface area contributed by atoms with E-state index in [0.29, 0.717) is 19.5 Å². The molecule has 1 rings (SSSR count). The molecule has 0 aliphatic rings. The van der Waals surface area contributed by atoms with Gasteiger partial charge in [-0.05, 0) is 44.9 Å². The molecule has 1 amide bonds. The lowest BCUT2D eigenvalue weighted by atomic mass is 10.1. The summed E-state index contributed by atoms with van der Waals surface area (Å²) in [5.41, 5.74) is 0.350. The summed E-state index contributed by atoms with van der Waals surface area (Å²) >= 11 is 0. The lowest BCUT2D eigenvalue weighted by molar-refractivity contribution is -0.108. The molecule has 4 nitrogen and oxygen atoms in total. The maximum Gasteiger partial charge on any atom is 0.410 e. The third-order valence-corrected chi connectivity index (χ3v) is 2.75. The molecule has 0 bridgehead atoms. The maximum absolute atomic E-state index is 12.8. The van der Waals surface area contributed by atoms with E-state index < -0.39 is 11.7 Å². The van der Waals surface area contributed by atoms with Crippen LogP contribution in [0.4, 0.5) is 9.18 Å². The summed E-state index contributed by atoms with van der Waals surface area (Å²) in [7, 11) is 0. The molecule has 0 atom stereocenters. The number of ether oxygens (including phenoxy) is 1. The number of nitrogens with zero attached hydrogens (tertiary/aromatic N) is 1. The molecular formula is C16H22FNO3. The summed E-state index contributed by atoms with van der Waals surface area (Å²) in [4.78, 5) is 24.1. The zero-order valence-electron chi connectivity index (χ0n) is 12.8. The van der Waals surface area contributed by atoms with Crippen LogP contribution in [-0.4, -0.2) is 36.0 Å². The molecule has 0 saturated carbocycles. The Balaban J connectivity index is 2.62. The van der Waals surface area contributed by atoms with Crippen molar-refractivity contribution in [3.05, 3.63) is 35.6 Å². The first-order chi connectivity index (χ1) is 9.81. The highest BCUT2D eigenvalue weighted by atomic mass is 19.1. The number of carbonyl (C=O) groups is 2. The van der Waals surface area contributed by atoms with Gasteiger partial charge in [-0.15, -0.1) is 0 Å². The van der Waals surface area contributed by atoms with Crippen LogP contribution < -0.4 is 0 Å². The molecule has 0 radical (unpaired) electrons. The Kier molecular flexibility index (Phi) is 6.34. The monoisotopic (exact) mass is 295 g/mol. The molecule has 116 valence electrons. The number of hydrogen-bond donors (Lipinski definition) is 0. The second kappa shape index (κ2) is 7.76. The summed E-state index contributed by atoms with van der Waals surface area (Å²) in [6.45, 7) is 6.13. The van der Waals surface area contributed by atoms with Crippen LogP contribution >= 0.6 is 0 Å². The van der Waals surface area contributed by atoms with E-state index >= 15 is 0 Å². The molecule has 21 heavy (non-hydrogen) atoms. The molecular weight excluding hydrogens is 273 g/mol. The quantitative estimate of drug-likeness (QED) is 0.757. The van der Waals surface area contributed by atoms with E-state index in [4.69, 9.17) is 4.74 Å². The predicted molar refractivity (Wildman–Crippen MR) is 78.6 cm³/mol. The zero-order valence-corrected chi connectivity index (χ0v) is 12.8. The Labute approximate surface area is 124 Å². The summed E-state index contributed by atoms with van der Waals surface area (Å²) in [5.74, 6) is -0.288. The molecule has 5 heteroatoms. The molecule has 0 aromatic heterocycles. The van der Waals surface area contributed by atoms with Gasteiger partial charge in [-0.2, -0.15) is 0 Å². The third-order valence-electron chi connectivity index (χ3n) is 2.75. The van der Waals surface area contributed by atoms with Crippen LogP contribution in [0.25, 0.3) is 0 Å². The number of carbonyl (C=O) groups excluding carboxylic acids is 2. The minimum atomic E-state index is -0.577. The minimum absolute atomic E-state index is 0.267. The summed E-state index contributed by atoms with van der Waals surface area (Å²) in [5, 5.41) is 0. The summed E-state index contributed by atoms with van der Waals surface area (Å²) in [6, 6.07) is 6.14. The Bertz CT molecular complexity index is 465. The van der Waals surface area contributed by atoms with E-state index in [1.54, 1.807) is 32.9 Å². The topological polar surface area (TPSA) is 46.6 Å². The third kappa shape index (κ3) is 6.88. The van der Waals surface area contributed by atoms with Crippen molar-refractivity contribution in [2.24, 2.45) is 0 Å². The average Bonchev–Trinajstić information content (AvgIpc) is 2.38. The number of benzene rings is 1. The van der Waals surface area contributed by atoms with Crippen molar-refractivity contribution in [3.63, 3.8) is 0 Å². The van der Waals surface area contributed by atoms with Crippen LogP contribution in [0.3, 0.4) is 0 Å². The number of amides is 1. The van der Waals surface area contributed by atoms with Crippen molar-refractivity contribution < 1.29 is 18.7 Å². The van der Waals surface area contributed by atoms with Crippen LogP contribution in [0.15, 0.2) is 24.3 Å². The van der Waals surface area contributed by atoms with E-state index in [-0.39, 0.29) is 12.2 Å². The van der Waals surface area contributed by atoms with E-state index in [0.717, 1.165) is 11.8 Å². The van der Waals surface area contributed by atoms with Gasteiger partial charge >= 0.3 is 6.09 Å². The van der Waals surface area contributed by atoms with Crippen LogP contribution in [0.1, 0.15) is 32.8 Å². The molecule has 0 heterocycles. The second-order valence-corrected chi connectivity index (χ2v) is 5.80. The fourth-order valence-electron chi connectivity index (χ4n) is 1.74. The van der Waals surface area contributed by atoms with Gasteiger partial charge < -0.3 is 14.4 Å². The standard InChI is InChI=1S/C16H22FNO3/c1-16(2,3)21-15(20)18(10-4-12-19)11-9-13-5-7-14(17)8-6-13/h5-8,12H,4,9-11H2,1-3H3. The van der Waals surface area contributed by atoms with E-state index in [1.807, 2.05) is 0 Å². The first-order valence-electron chi connectivity index (χ1n) is 6.98. The number of hydrogen-bond acceptors (Lipinski definition) is 3. The van der Waals surface area contributed by atoms with Gasteiger partial charge in [0.15, 0.2) is 0 Å². The van der Waals surface area contributed by atoms with E-state index in [9.17, 15) is 14.0 Å². The smallest absolute Gasteiger partial charge is 0.410 e. The first kappa shape index (κ1) is 17.1. The highest BCUT2D eigenvalue weighted by molar-refractivity contribution is 5.68. The van der Waals surface area contributed by atoms with Gasteiger partial charge in [0.25, 0.3) is 0 Å². The lowest BCUT2D eigenvalue weighted by Crippen LogP contribution is -2.38. The van der Waals surface area contributed by atoms with Crippen molar-refractivity contribution >= 4 is 12.4 Å². The van der Waals surface area contributed by atoms with Crippen LogP contribution in [-0.2, 0) is 16.0 Å². The normalized spacial score (nSPS) is 11.0. The van der Waals surface area contributed by atoms with E-state index in [2.05, 4.69) is 0 Å². The molecule has 0 aliphatic heterocycles. The molecule has 0 fully saturated rings. The zero-order chi connectivity index (χ0) is 15.9. The van der Waals surface area contributed by atoms with Crippen LogP contribution in [0.5, 0.6) is 0 Å².